The molecule has 0 heterocycles. The first-order valence-corrected chi connectivity index (χ1v) is 38.2. The number of alkyl halides is 9. The van der Waals surface area contributed by atoms with E-state index < -0.39 is 51.3 Å². The summed E-state index contributed by atoms with van der Waals surface area (Å²) in [6, 6.07) is 70.0. The summed E-state index contributed by atoms with van der Waals surface area (Å²) < 4.78 is 138. The van der Waals surface area contributed by atoms with Gasteiger partial charge in [0.25, 0.3) is 0 Å². The van der Waals surface area contributed by atoms with Crippen molar-refractivity contribution in [2.24, 2.45) is 0 Å². The van der Waals surface area contributed by atoms with Gasteiger partial charge in [-0.05, 0) is 246 Å². The van der Waals surface area contributed by atoms with Crippen LogP contribution < -0.4 is 0 Å². The Morgan fingerprint density at radius 1 is 0.245 bits per heavy atom. The Labute approximate surface area is 615 Å². The van der Waals surface area contributed by atoms with Crippen molar-refractivity contribution in [1.29, 1.82) is 0 Å². The Morgan fingerprint density at radius 2 is 0.585 bits per heavy atom. The minimum atomic E-state index is -5.66. The molecule has 0 nitrogen and oxygen atoms in total. The molecule has 536 valence electrons. The SMILES string of the molecule is CCCCCCCCC1(CCCCCCCC)c2cc3c(cc2-c2cc4c(cc21)-c1c(cc(-c2ccc(-c5ccc6c(c5)C(C(F)(F)F)(C(F)(F)F)c5ccccc5-6)cc2)c2ccccc12)C4(C)C)C(C)(C)c1cc(-c2ccc(-c4ccc5c(c4)C(C)(C(F)(F)F)c4ccccc4-5)cc2)c2ccccc2c1-3. The highest BCUT2D eigenvalue weighted by Gasteiger charge is 2.75. The summed E-state index contributed by atoms with van der Waals surface area (Å²) in [5.74, 6) is 0. The van der Waals surface area contributed by atoms with E-state index in [1.165, 1.54) is 155 Å². The number of rotatable bonds is 18. The molecule has 5 aliphatic carbocycles. The zero-order valence-electron chi connectivity index (χ0n) is 61.1. The average molecular weight is 1420 g/mol. The summed E-state index contributed by atoms with van der Waals surface area (Å²) in [5, 5.41) is 4.51. The highest BCUT2D eigenvalue weighted by molar-refractivity contribution is 6.12. The van der Waals surface area contributed by atoms with Gasteiger partial charge >= 0.3 is 18.5 Å². The third kappa shape index (κ3) is 10.1. The van der Waals surface area contributed by atoms with Crippen molar-refractivity contribution in [2.45, 2.75) is 184 Å². The second-order valence-corrected chi connectivity index (χ2v) is 32.2. The van der Waals surface area contributed by atoms with E-state index in [0.29, 0.717) is 16.7 Å². The molecule has 12 aromatic carbocycles. The maximum Gasteiger partial charge on any atom is 0.411 e. The molecule has 1 atom stereocenters. The topological polar surface area (TPSA) is 0 Å². The van der Waals surface area contributed by atoms with Crippen LogP contribution in [0.1, 0.15) is 194 Å². The predicted molar refractivity (Wildman–Crippen MR) is 417 cm³/mol. The summed E-state index contributed by atoms with van der Waals surface area (Å²) >= 11 is 0. The minimum Gasteiger partial charge on any atom is -0.170 e. The van der Waals surface area contributed by atoms with Crippen LogP contribution in [-0.4, -0.2) is 18.5 Å². The van der Waals surface area contributed by atoms with Gasteiger partial charge in [-0.3, -0.25) is 0 Å². The molecule has 0 radical (unpaired) electrons. The fourth-order valence-corrected chi connectivity index (χ4v) is 20.1. The number of unbranched alkanes of at least 4 members (excludes halogenated alkanes) is 10. The van der Waals surface area contributed by atoms with Crippen LogP contribution in [0.3, 0.4) is 0 Å². The van der Waals surface area contributed by atoms with E-state index in [2.05, 4.69) is 151 Å². The molecular weight excluding hydrogens is 1340 g/mol. The second-order valence-electron chi connectivity index (χ2n) is 32.2. The van der Waals surface area contributed by atoms with Crippen LogP contribution in [0.25, 0.3) is 122 Å². The molecule has 0 N–H and O–H groups in total. The lowest BCUT2D eigenvalue weighted by Gasteiger charge is -2.36. The Morgan fingerprint density at radius 3 is 1.03 bits per heavy atom. The molecule has 5 aliphatic rings. The lowest BCUT2D eigenvalue weighted by molar-refractivity contribution is -0.287. The number of halogens is 9. The quantitative estimate of drug-likeness (QED) is 0.0593. The van der Waals surface area contributed by atoms with Crippen LogP contribution in [-0.2, 0) is 27.1 Å². The Bertz CT molecular complexity index is 5510. The Hall–Kier alpha value is -9.47. The molecule has 106 heavy (non-hydrogen) atoms. The first-order chi connectivity index (χ1) is 50.8. The molecule has 0 spiro atoms. The average Bonchev–Trinajstić information content (AvgIpc) is 1.52. The van der Waals surface area contributed by atoms with E-state index >= 15 is 39.5 Å². The largest absolute Gasteiger partial charge is 0.411 e. The molecule has 0 saturated heterocycles. The highest BCUT2D eigenvalue weighted by atomic mass is 19.4. The van der Waals surface area contributed by atoms with E-state index in [-0.39, 0.29) is 33.2 Å². The summed E-state index contributed by atoms with van der Waals surface area (Å²) in [4.78, 5) is 0. The summed E-state index contributed by atoms with van der Waals surface area (Å²) in [6.07, 6.45) is 0.404. The van der Waals surface area contributed by atoms with Crippen LogP contribution in [0, 0.1) is 0 Å². The van der Waals surface area contributed by atoms with Gasteiger partial charge in [0.1, 0.15) is 5.41 Å². The molecule has 0 fully saturated rings. The fraction of sp³-hybridized carbons (Fsp3) is 0.299. The maximum absolute atomic E-state index is 15.3. The Balaban J connectivity index is 0.773. The van der Waals surface area contributed by atoms with Crippen LogP contribution >= 0.6 is 0 Å². The van der Waals surface area contributed by atoms with Crippen molar-refractivity contribution in [2.75, 3.05) is 0 Å². The van der Waals surface area contributed by atoms with Gasteiger partial charge in [0, 0.05) is 16.2 Å². The van der Waals surface area contributed by atoms with Crippen molar-refractivity contribution >= 4 is 21.5 Å². The van der Waals surface area contributed by atoms with E-state index in [1.807, 2.05) is 36.4 Å². The smallest absolute Gasteiger partial charge is 0.170 e. The number of fused-ring (bicyclic) bond motifs is 19. The van der Waals surface area contributed by atoms with Crippen LogP contribution in [0.5, 0.6) is 0 Å². The summed E-state index contributed by atoms with van der Waals surface area (Å²) in [5.41, 5.74) is 14.4. The third-order valence-corrected chi connectivity index (χ3v) is 25.7. The molecular formula is C97H85F9. The van der Waals surface area contributed by atoms with E-state index in [1.54, 1.807) is 36.4 Å². The number of hydrogen-bond donors (Lipinski definition) is 0. The highest BCUT2D eigenvalue weighted by Crippen LogP contribution is 2.67. The van der Waals surface area contributed by atoms with E-state index in [0.717, 1.165) is 100 Å². The lowest BCUT2D eigenvalue weighted by atomic mass is 9.69. The zero-order chi connectivity index (χ0) is 73.8. The summed E-state index contributed by atoms with van der Waals surface area (Å²) in [6.45, 7) is 15.3. The summed E-state index contributed by atoms with van der Waals surface area (Å²) in [7, 11) is 0. The Kier molecular flexibility index (Phi) is 16.5. The first kappa shape index (κ1) is 69.6. The predicted octanol–water partition coefficient (Wildman–Crippen LogP) is 29.3. The molecule has 12 aromatic rings. The van der Waals surface area contributed by atoms with Crippen molar-refractivity contribution in [1.82, 2.24) is 0 Å². The van der Waals surface area contributed by atoms with Gasteiger partial charge in [-0.1, -0.05) is 288 Å². The van der Waals surface area contributed by atoms with Gasteiger partial charge in [0.2, 0.25) is 5.41 Å². The fourth-order valence-electron chi connectivity index (χ4n) is 20.1. The van der Waals surface area contributed by atoms with E-state index in [9.17, 15) is 0 Å². The van der Waals surface area contributed by atoms with Gasteiger partial charge in [0.05, 0.1) is 0 Å². The standard InChI is InChI=1S/C97H85F9/c1-8-10-12-14-16-26-48-93(49-27-17-15-13-11-9-2)83-56-76-80(90(3,4)86-52-72(64-28-18-20-32-70(64)88(76)86)60-40-36-58(37-41-60)62-44-46-68-66-30-22-24-34-78(66)92(7,82(68)50-62)95(98,99)100)54-74(83)75-55-81-77(57-84(75)93)89-71-33-21-19-29-65(71)73(53-87(89)91(81,5)6)61-42-38-59(39-43-61)63-45-47-69-67-31-23-25-35-79(67)94(85(69)51-63,96(101,102)103)97(104,105)106/h18-25,28-47,50-57H,8-17,26-27,48-49H2,1-7H3. The number of hydrogen-bond acceptors (Lipinski definition) is 0. The monoisotopic (exact) mass is 1420 g/mol. The van der Waals surface area contributed by atoms with Gasteiger partial charge in [-0.15, -0.1) is 0 Å². The molecule has 0 amide bonds. The molecule has 0 aliphatic heterocycles. The van der Waals surface area contributed by atoms with Crippen molar-refractivity contribution < 1.29 is 39.5 Å². The van der Waals surface area contributed by atoms with Gasteiger partial charge in [0.15, 0.2) is 0 Å². The van der Waals surface area contributed by atoms with Gasteiger partial charge < -0.3 is 0 Å². The first-order valence-electron chi connectivity index (χ1n) is 38.2. The van der Waals surface area contributed by atoms with Crippen molar-refractivity contribution in [3.05, 3.63) is 274 Å². The molecule has 0 saturated carbocycles. The maximum atomic E-state index is 15.3. The lowest BCUT2D eigenvalue weighted by Crippen LogP contribution is -2.53. The van der Waals surface area contributed by atoms with Crippen molar-refractivity contribution in [3.63, 3.8) is 0 Å². The van der Waals surface area contributed by atoms with Crippen LogP contribution in [0.2, 0.25) is 0 Å². The molecule has 0 aromatic heterocycles. The second kappa shape index (κ2) is 25.1. The molecule has 1 unspecified atom stereocenters. The minimum absolute atomic E-state index is 0.0715. The van der Waals surface area contributed by atoms with Crippen LogP contribution in [0.15, 0.2) is 218 Å². The molecule has 17 rings (SSSR count). The zero-order valence-corrected chi connectivity index (χ0v) is 61.1. The number of benzene rings is 12. The van der Waals surface area contributed by atoms with E-state index in [4.69, 9.17) is 0 Å². The van der Waals surface area contributed by atoms with Gasteiger partial charge in [-0.25, -0.2) is 0 Å². The molecule has 9 heteroatoms. The van der Waals surface area contributed by atoms with Gasteiger partial charge in [-0.2, -0.15) is 39.5 Å². The van der Waals surface area contributed by atoms with Crippen molar-refractivity contribution in [3.8, 4) is 100 Å². The molecule has 0 bridgehead atoms. The normalized spacial score (nSPS) is 17.0. The van der Waals surface area contributed by atoms with Crippen LogP contribution in [0.4, 0.5) is 39.5 Å². The third-order valence-electron chi connectivity index (χ3n) is 25.7.